The minimum atomic E-state index is -4.96. The van der Waals surface area contributed by atoms with Gasteiger partial charge >= 0.3 is 39.5 Å². The van der Waals surface area contributed by atoms with Gasteiger partial charge in [-0.25, -0.2) is 9.13 Å². The van der Waals surface area contributed by atoms with E-state index in [2.05, 4.69) is 65.8 Å². The highest BCUT2D eigenvalue weighted by Gasteiger charge is 2.30. The lowest BCUT2D eigenvalue weighted by Crippen LogP contribution is -2.30. The van der Waals surface area contributed by atoms with E-state index in [9.17, 15) is 43.2 Å². The summed E-state index contributed by atoms with van der Waals surface area (Å²) in [5.41, 5.74) is 0. The Balaban J connectivity index is 5.26. The van der Waals surface area contributed by atoms with E-state index in [1.165, 1.54) is 116 Å². The third-order valence-corrected chi connectivity index (χ3v) is 17.2. The second kappa shape index (κ2) is 60.8. The fraction of sp³-hybridized carbons (Fsp3) is 0.884. The topological polar surface area (TPSA) is 237 Å². The van der Waals surface area contributed by atoms with Crippen LogP contribution in [0.5, 0.6) is 0 Å². The molecule has 518 valence electrons. The minimum absolute atomic E-state index is 0.0847. The highest BCUT2D eigenvalue weighted by Crippen LogP contribution is 2.45. The van der Waals surface area contributed by atoms with E-state index >= 15 is 0 Å². The quantitative estimate of drug-likeness (QED) is 0.0169. The first-order valence-corrected chi connectivity index (χ1v) is 38.3. The molecule has 19 heteroatoms. The molecule has 0 aromatic carbocycles. The number of hydrogen-bond donors (Lipinski definition) is 3. The van der Waals surface area contributed by atoms with Gasteiger partial charge < -0.3 is 33.8 Å². The number of carbonyl (C=O) groups excluding carboxylic acids is 4. The van der Waals surface area contributed by atoms with Crippen LogP contribution >= 0.6 is 15.6 Å². The molecule has 0 bridgehead atoms. The number of carbonyl (C=O) groups is 4. The van der Waals surface area contributed by atoms with Crippen LogP contribution in [0.3, 0.4) is 0 Å². The molecule has 0 spiro atoms. The lowest BCUT2D eigenvalue weighted by Gasteiger charge is -2.21. The lowest BCUT2D eigenvalue weighted by atomic mass is 10.0. The Kier molecular flexibility index (Phi) is 59.1. The zero-order valence-electron chi connectivity index (χ0n) is 56.5. The molecule has 0 aromatic rings. The number of aliphatic hydroxyl groups is 1. The Morgan fingerprint density at radius 2 is 0.614 bits per heavy atom. The van der Waals surface area contributed by atoms with E-state index in [0.29, 0.717) is 25.7 Å². The molecule has 0 aromatic heterocycles. The van der Waals surface area contributed by atoms with Gasteiger partial charge in [0.2, 0.25) is 0 Å². The Morgan fingerprint density at radius 3 is 0.932 bits per heavy atom. The van der Waals surface area contributed by atoms with Gasteiger partial charge in [-0.1, -0.05) is 271 Å². The van der Waals surface area contributed by atoms with E-state index in [-0.39, 0.29) is 25.7 Å². The van der Waals surface area contributed by atoms with Gasteiger partial charge in [0.1, 0.15) is 19.3 Å². The number of phosphoric acid groups is 2. The maximum atomic E-state index is 13.0. The summed E-state index contributed by atoms with van der Waals surface area (Å²) in [6.07, 6.45) is 48.1. The molecule has 88 heavy (non-hydrogen) atoms. The van der Waals surface area contributed by atoms with Gasteiger partial charge in [0.25, 0.3) is 0 Å². The van der Waals surface area contributed by atoms with Crippen molar-refractivity contribution in [2.24, 2.45) is 11.8 Å². The zero-order chi connectivity index (χ0) is 65.0. The Hall–Kier alpha value is -2.46. The van der Waals surface area contributed by atoms with Gasteiger partial charge in [0.15, 0.2) is 12.2 Å². The van der Waals surface area contributed by atoms with Crippen molar-refractivity contribution in [1.29, 1.82) is 0 Å². The van der Waals surface area contributed by atoms with Crippen LogP contribution in [0.1, 0.15) is 324 Å². The number of unbranched alkanes of at least 4 members (excludes halogenated alkanes) is 33. The normalized spacial score (nSPS) is 14.4. The molecule has 0 fully saturated rings. The van der Waals surface area contributed by atoms with Gasteiger partial charge in [0.05, 0.1) is 26.4 Å². The summed E-state index contributed by atoms with van der Waals surface area (Å²) in [6.45, 7) is 9.41. The number of hydrogen-bond acceptors (Lipinski definition) is 15. The minimum Gasteiger partial charge on any atom is -0.462 e. The highest BCUT2D eigenvalue weighted by molar-refractivity contribution is 7.47. The van der Waals surface area contributed by atoms with Crippen molar-refractivity contribution in [1.82, 2.24) is 0 Å². The van der Waals surface area contributed by atoms with Crippen LogP contribution in [0, 0.1) is 11.8 Å². The van der Waals surface area contributed by atoms with Crippen molar-refractivity contribution < 1.29 is 80.2 Å². The van der Waals surface area contributed by atoms with Gasteiger partial charge in [-0.15, -0.1) is 0 Å². The molecule has 0 heterocycles. The summed E-state index contributed by atoms with van der Waals surface area (Å²) >= 11 is 0. The predicted octanol–water partition coefficient (Wildman–Crippen LogP) is 19.2. The fourth-order valence-electron chi connectivity index (χ4n) is 9.87. The molecule has 0 amide bonds. The molecule has 0 saturated carbocycles. The van der Waals surface area contributed by atoms with Crippen LogP contribution in [0.15, 0.2) is 24.3 Å². The van der Waals surface area contributed by atoms with E-state index in [1.54, 1.807) is 0 Å². The molecule has 0 saturated heterocycles. The molecular formula is C69H130O17P2. The predicted molar refractivity (Wildman–Crippen MR) is 354 cm³/mol. The fourth-order valence-corrected chi connectivity index (χ4v) is 11.5. The summed E-state index contributed by atoms with van der Waals surface area (Å²) in [4.78, 5) is 72.3. The number of phosphoric ester groups is 2. The summed E-state index contributed by atoms with van der Waals surface area (Å²) < 4.78 is 68.1. The molecule has 0 aliphatic carbocycles. The first kappa shape index (κ1) is 85.5. The van der Waals surface area contributed by atoms with E-state index in [1.807, 2.05) is 0 Å². The molecule has 0 aliphatic heterocycles. The second-order valence-electron chi connectivity index (χ2n) is 25.2. The maximum Gasteiger partial charge on any atom is 0.472 e. The van der Waals surface area contributed by atoms with E-state index < -0.39 is 97.5 Å². The van der Waals surface area contributed by atoms with Crippen molar-refractivity contribution >= 4 is 39.5 Å². The third kappa shape index (κ3) is 62.4. The van der Waals surface area contributed by atoms with Crippen LogP contribution in [-0.4, -0.2) is 96.7 Å². The van der Waals surface area contributed by atoms with E-state index in [0.717, 1.165) is 127 Å². The molecule has 0 radical (unpaired) electrons. The van der Waals surface area contributed by atoms with Crippen molar-refractivity contribution in [3.8, 4) is 0 Å². The lowest BCUT2D eigenvalue weighted by molar-refractivity contribution is -0.161. The number of allylic oxidation sites excluding steroid dienone is 4. The summed E-state index contributed by atoms with van der Waals surface area (Å²) in [7, 11) is -9.91. The Bertz CT molecular complexity index is 1810. The number of ether oxygens (including phenoxy) is 4. The Labute approximate surface area is 535 Å². The zero-order valence-corrected chi connectivity index (χ0v) is 58.3. The molecule has 0 rings (SSSR count). The van der Waals surface area contributed by atoms with Crippen LogP contribution in [0.4, 0.5) is 0 Å². The van der Waals surface area contributed by atoms with Crippen LogP contribution in [0.2, 0.25) is 0 Å². The molecule has 0 aliphatic rings. The van der Waals surface area contributed by atoms with E-state index in [4.69, 9.17) is 37.0 Å². The Morgan fingerprint density at radius 1 is 0.352 bits per heavy atom. The third-order valence-electron chi connectivity index (χ3n) is 15.3. The summed E-state index contributed by atoms with van der Waals surface area (Å²) in [5.74, 6) is -0.658. The van der Waals surface area contributed by atoms with Gasteiger partial charge in [0, 0.05) is 25.7 Å². The molecule has 3 N–H and O–H groups in total. The molecule has 5 atom stereocenters. The highest BCUT2D eigenvalue weighted by atomic mass is 31.2. The second-order valence-corrected chi connectivity index (χ2v) is 28.1. The molecular weight excluding hydrogens is 1160 g/mol. The smallest absolute Gasteiger partial charge is 0.462 e. The van der Waals surface area contributed by atoms with Crippen molar-refractivity contribution in [2.45, 2.75) is 342 Å². The number of rotatable bonds is 66. The van der Waals surface area contributed by atoms with Gasteiger partial charge in [-0.2, -0.15) is 0 Å². The SMILES string of the molecule is CCCCCC/C=C\C=C/CCCCCCCC(=O)O[C@H](COC(=O)CCCCCCCCCCCCCC(C)C)COP(=O)(O)OC[C@@H](O)COP(=O)(O)OC[C@@H](COC(=O)CCCCCCCCC)OC(=O)CCCCCCCCCCCC(C)C. The van der Waals surface area contributed by atoms with Crippen LogP contribution in [-0.2, 0) is 65.4 Å². The summed E-state index contributed by atoms with van der Waals surface area (Å²) in [6, 6.07) is 0. The first-order valence-electron chi connectivity index (χ1n) is 35.3. The monoisotopic (exact) mass is 1290 g/mol. The average Bonchev–Trinajstić information content (AvgIpc) is 3.58. The number of esters is 4. The van der Waals surface area contributed by atoms with Crippen LogP contribution < -0.4 is 0 Å². The average molecular weight is 1290 g/mol. The molecule has 2 unspecified atom stereocenters. The van der Waals surface area contributed by atoms with Gasteiger partial charge in [-0.05, 0) is 63.2 Å². The largest absolute Gasteiger partial charge is 0.472 e. The summed E-state index contributed by atoms with van der Waals surface area (Å²) in [5, 5.41) is 10.6. The van der Waals surface area contributed by atoms with Gasteiger partial charge in [-0.3, -0.25) is 37.3 Å². The molecule has 17 nitrogen and oxygen atoms in total. The van der Waals surface area contributed by atoms with Crippen molar-refractivity contribution in [2.75, 3.05) is 39.6 Å². The number of aliphatic hydroxyl groups excluding tert-OH is 1. The first-order chi connectivity index (χ1) is 42.4. The van der Waals surface area contributed by atoms with Crippen molar-refractivity contribution in [3.63, 3.8) is 0 Å². The van der Waals surface area contributed by atoms with Crippen molar-refractivity contribution in [3.05, 3.63) is 24.3 Å². The standard InChI is InChI=1S/C69H130O17P2/c1-7-9-11-13-15-16-17-18-19-20-23-29-35-41-47-53-68(73)86-65(58-80-67(72)52-46-40-34-28-24-21-22-26-32-37-43-49-61(3)4)60-84-88(77,78)82-56-63(70)55-81-87(75,76)83-59-64(57-79-66(71)51-45-39-31-14-12-10-8-2)85-69(74)54-48-42-36-30-25-27-33-38-44-50-62(5)6/h16-19,61-65,70H,7-15,20-60H2,1-6H3,(H,75,76)(H,77,78)/b17-16-,19-18-/t63-,64+,65+/m0/s1. The van der Waals surface area contributed by atoms with Crippen LogP contribution in [0.25, 0.3) is 0 Å². The maximum absolute atomic E-state index is 13.0.